The summed E-state index contributed by atoms with van der Waals surface area (Å²) in [5.74, 6) is 0.0151. The van der Waals surface area contributed by atoms with E-state index in [4.69, 9.17) is 0 Å². The van der Waals surface area contributed by atoms with Gasteiger partial charge in [0.2, 0.25) is 5.91 Å². The van der Waals surface area contributed by atoms with Crippen LogP contribution in [0.25, 0.3) is 0 Å². The normalized spacial score (nSPS) is 13.1. The molecule has 0 saturated heterocycles. The van der Waals surface area contributed by atoms with Crippen LogP contribution in [0.2, 0.25) is 0 Å². The lowest BCUT2D eigenvalue weighted by Gasteiger charge is -2.34. The van der Waals surface area contributed by atoms with E-state index in [-0.39, 0.29) is 11.9 Å². The molecule has 1 amide bonds. The molecule has 0 saturated carbocycles. The second-order valence-corrected chi connectivity index (χ2v) is 5.55. The summed E-state index contributed by atoms with van der Waals surface area (Å²) in [5.41, 5.74) is 1.16. The van der Waals surface area contributed by atoms with Gasteiger partial charge in [0.25, 0.3) is 0 Å². The van der Waals surface area contributed by atoms with Crippen LogP contribution in [0.4, 0.5) is 0 Å². The Morgan fingerprint density at radius 3 is 2.05 bits per heavy atom. The van der Waals surface area contributed by atoms with E-state index in [0.717, 1.165) is 12.1 Å². The third kappa shape index (κ3) is 5.03. The van der Waals surface area contributed by atoms with Crippen molar-refractivity contribution in [1.82, 2.24) is 10.2 Å². The van der Waals surface area contributed by atoms with E-state index in [1.807, 2.05) is 18.2 Å². The van der Waals surface area contributed by atoms with Gasteiger partial charge in [0, 0.05) is 25.6 Å². The molecule has 106 valence electrons. The van der Waals surface area contributed by atoms with Crippen LogP contribution in [0.3, 0.4) is 0 Å². The summed E-state index contributed by atoms with van der Waals surface area (Å²) in [7, 11) is 0. The molecule has 0 radical (unpaired) electrons. The maximum Gasteiger partial charge on any atom is 0.217 e. The Balaban J connectivity index is 2.88. The van der Waals surface area contributed by atoms with Gasteiger partial charge in [-0.2, -0.15) is 0 Å². The summed E-state index contributed by atoms with van der Waals surface area (Å²) in [6.45, 7) is 11.2. The van der Waals surface area contributed by atoms with Crippen molar-refractivity contribution in [3.63, 3.8) is 0 Å². The first-order chi connectivity index (χ1) is 8.91. The molecule has 1 aromatic carbocycles. The van der Waals surface area contributed by atoms with E-state index >= 15 is 0 Å². The molecular weight excluding hydrogens is 236 g/mol. The maximum atomic E-state index is 11.4. The molecular formula is C16H26N2O. The first kappa shape index (κ1) is 15.7. The minimum atomic E-state index is 0.0151. The van der Waals surface area contributed by atoms with Gasteiger partial charge in [0.15, 0.2) is 0 Å². The van der Waals surface area contributed by atoms with Gasteiger partial charge in [0.05, 0.1) is 6.04 Å². The number of amides is 1. The highest BCUT2D eigenvalue weighted by Gasteiger charge is 2.20. The van der Waals surface area contributed by atoms with Gasteiger partial charge in [-0.15, -0.1) is 0 Å². The Morgan fingerprint density at radius 1 is 1.11 bits per heavy atom. The minimum absolute atomic E-state index is 0.0151. The van der Waals surface area contributed by atoms with Crippen LogP contribution in [0.5, 0.6) is 0 Å². The zero-order valence-electron chi connectivity index (χ0n) is 12.7. The number of nitrogens with one attached hydrogen (secondary N) is 1. The summed E-state index contributed by atoms with van der Waals surface area (Å²) in [4.78, 5) is 13.8. The fourth-order valence-electron chi connectivity index (χ4n) is 2.39. The van der Waals surface area contributed by atoms with Crippen molar-refractivity contribution in [3.8, 4) is 0 Å². The molecule has 1 rings (SSSR count). The second kappa shape index (κ2) is 7.29. The van der Waals surface area contributed by atoms with Crippen molar-refractivity contribution in [3.05, 3.63) is 35.9 Å². The zero-order valence-corrected chi connectivity index (χ0v) is 12.7. The minimum Gasteiger partial charge on any atom is -0.348 e. The van der Waals surface area contributed by atoms with Gasteiger partial charge >= 0.3 is 0 Å². The Hall–Kier alpha value is -1.35. The summed E-state index contributed by atoms with van der Waals surface area (Å²) in [5, 5.41) is 3.06. The molecule has 0 spiro atoms. The topological polar surface area (TPSA) is 32.3 Å². The molecule has 0 aliphatic rings. The van der Waals surface area contributed by atoms with Gasteiger partial charge in [-0.1, -0.05) is 30.3 Å². The van der Waals surface area contributed by atoms with E-state index in [9.17, 15) is 4.79 Å². The van der Waals surface area contributed by atoms with Crippen LogP contribution < -0.4 is 5.32 Å². The first-order valence-corrected chi connectivity index (χ1v) is 6.99. The highest BCUT2D eigenvalue weighted by molar-refractivity contribution is 5.73. The van der Waals surface area contributed by atoms with E-state index in [1.54, 1.807) is 6.92 Å². The van der Waals surface area contributed by atoms with Crippen LogP contribution in [0.1, 0.15) is 46.2 Å². The number of hydrogen-bond donors (Lipinski definition) is 1. The van der Waals surface area contributed by atoms with Crippen molar-refractivity contribution >= 4 is 5.91 Å². The summed E-state index contributed by atoms with van der Waals surface area (Å²) >= 11 is 0. The number of carbonyl (C=O) groups excluding carboxylic acids is 1. The largest absolute Gasteiger partial charge is 0.348 e. The summed E-state index contributed by atoms with van der Waals surface area (Å²) in [6, 6.07) is 11.1. The quantitative estimate of drug-likeness (QED) is 0.855. The molecule has 0 aliphatic heterocycles. The third-order valence-electron chi connectivity index (χ3n) is 3.30. The van der Waals surface area contributed by atoms with Gasteiger partial charge < -0.3 is 5.32 Å². The number of carbonyl (C=O) groups is 1. The van der Waals surface area contributed by atoms with Crippen LogP contribution in [-0.4, -0.2) is 29.4 Å². The zero-order chi connectivity index (χ0) is 14.4. The Labute approximate surface area is 117 Å². The van der Waals surface area contributed by atoms with Crippen molar-refractivity contribution in [2.24, 2.45) is 0 Å². The molecule has 0 aromatic heterocycles. The van der Waals surface area contributed by atoms with Crippen molar-refractivity contribution in [1.29, 1.82) is 0 Å². The van der Waals surface area contributed by atoms with Crippen molar-refractivity contribution < 1.29 is 4.79 Å². The SMILES string of the molecule is CC(=O)NC(CN(C(C)C)C(C)C)c1ccccc1. The molecule has 1 atom stereocenters. The molecule has 3 nitrogen and oxygen atoms in total. The fraction of sp³-hybridized carbons (Fsp3) is 0.562. The third-order valence-corrected chi connectivity index (χ3v) is 3.30. The average molecular weight is 262 g/mol. The fourth-order valence-corrected chi connectivity index (χ4v) is 2.39. The predicted molar refractivity (Wildman–Crippen MR) is 80.0 cm³/mol. The summed E-state index contributed by atoms with van der Waals surface area (Å²) in [6.07, 6.45) is 0. The molecule has 0 aliphatic carbocycles. The van der Waals surface area contributed by atoms with Gasteiger partial charge in [-0.05, 0) is 33.3 Å². The second-order valence-electron chi connectivity index (χ2n) is 5.55. The van der Waals surface area contributed by atoms with Crippen molar-refractivity contribution in [2.45, 2.75) is 52.7 Å². The van der Waals surface area contributed by atoms with Crippen molar-refractivity contribution in [2.75, 3.05) is 6.54 Å². The van der Waals surface area contributed by atoms with Crippen LogP contribution in [0, 0.1) is 0 Å². The van der Waals surface area contributed by atoms with Crippen LogP contribution in [0.15, 0.2) is 30.3 Å². The number of nitrogens with zero attached hydrogens (tertiary/aromatic N) is 1. The highest BCUT2D eigenvalue weighted by atomic mass is 16.1. The Morgan fingerprint density at radius 2 is 1.63 bits per heavy atom. The molecule has 1 aromatic rings. The van der Waals surface area contributed by atoms with E-state index in [0.29, 0.717) is 12.1 Å². The van der Waals surface area contributed by atoms with Gasteiger partial charge in [-0.25, -0.2) is 0 Å². The Bertz CT molecular complexity index is 379. The lowest BCUT2D eigenvalue weighted by molar-refractivity contribution is -0.119. The highest BCUT2D eigenvalue weighted by Crippen LogP contribution is 2.17. The van der Waals surface area contributed by atoms with Crippen LogP contribution >= 0.6 is 0 Å². The first-order valence-electron chi connectivity index (χ1n) is 6.99. The van der Waals surface area contributed by atoms with E-state index in [1.165, 1.54) is 0 Å². The molecule has 1 unspecified atom stereocenters. The van der Waals surface area contributed by atoms with Gasteiger partial charge in [-0.3, -0.25) is 9.69 Å². The smallest absolute Gasteiger partial charge is 0.217 e. The number of hydrogen-bond acceptors (Lipinski definition) is 2. The molecule has 19 heavy (non-hydrogen) atoms. The molecule has 1 N–H and O–H groups in total. The summed E-state index contributed by atoms with van der Waals surface area (Å²) < 4.78 is 0. The standard InChI is InChI=1S/C16H26N2O/c1-12(2)18(13(3)4)11-16(17-14(5)19)15-9-7-6-8-10-15/h6-10,12-13,16H,11H2,1-5H3,(H,17,19). The average Bonchev–Trinajstić information content (AvgIpc) is 2.34. The number of benzene rings is 1. The monoisotopic (exact) mass is 262 g/mol. The Kier molecular flexibility index (Phi) is 6.03. The predicted octanol–water partition coefficient (Wildman–Crippen LogP) is 2.98. The van der Waals surface area contributed by atoms with E-state index < -0.39 is 0 Å². The lowest BCUT2D eigenvalue weighted by Crippen LogP contribution is -2.43. The molecule has 0 heterocycles. The van der Waals surface area contributed by atoms with E-state index in [2.05, 4.69) is 50.0 Å². The number of rotatable bonds is 6. The molecule has 3 heteroatoms. The molecule has 0 fully saturated rings. The maximum absolute atomic E-state index is 11.4. The van der Waals surface area contributed by atoms with Crippen LogP contribution in [-0.2, 0) is 4.79 Å². The molecule has 0 bridgehead atoms. The lowest BCUT2D eigenvalue weighted by atomic mass is 10.0. The van der Waals surface area contributed by atoms with Gasteiger partial charge in [0.1, 0.15) is 0 Å².